The summed E-state index contributed by atoms with van der Waals surface area (Å²) in [6, 6.07) is 11.6. The van der Waals surface area contributed by atoms with Gasteiger partial charge in [0.25, 0.3) is 0 Å². The number of hydrogen-bond acceptors (Lipinski definition) is 3. The molecule has 0 radical (unpaired) electrons. The highest BCUT2D eigenvalue weighted by Gasteiger charge is 2.11. The van der Waals surface area contributed by atoms with Crippen LogP contribution in [0.4, 0.5) is 5.69 Å². The SMILES string of the molecule is CCc1ccc(CC(=O)OC)c(-c2ccc(Cl)c(N)c2)c1. The maximum absolute atomic E-state index is 11.6. The van der Waals surface area contributed by atoms with Crippen LogP contribution in [0.1, 0.15) is 18.1 Å². The number of benzene rings is 2. The lowest BCUT2D eigenvalue weighted by molar-refractivity contribution is -0.139. The summed E-state index contributed by atoms with van der Waals surface area (Å²) in [5, 5.41) is 0.528. The van der Waals surface area contributed by atoms with Crippen molar-refractivity contribution in [3.63, 3.8) is 0 Å². The summed E-state index contributed by atoms with van der Waals surface area (Å²) in [7, 11) is 1.39. The first-order chi connectivity index (χ1) is 10.0. The number of nitrogens with two attached hydrogens (primary N) is 1. The quantitative estimate of drug-likeness (QED) is 0.689. The molecule has 2 aromatic rings. The van der Waals surface area contributed by atoms with Crippen molar-refractivity contribution in [1.82, 2.24) is 0 Å². The van der Waals surface area contributed by atoms with Gasteiger partial charge < -0.3 is 10.5 Å². The topological polar surface area (TPSA) is 52.3 Å². The van der Waals surface area contributed by atoms with Gasteiger partial charge in [-0.05, 0) is 40.8 Å². The van der Waals surface area contributed by atoms with E-state index >= 15 is 0 Å². The van der Waals surface area contributed by atoms with E-state index in [1.807, 2.05) is 24.3 Å². The van der Waals surface area contributed by atoms with Gasteiger partial charge in [0, 0.05) is 0 Å². The zero-order valence-electron chi connectivity index (χ0n) is 12.2. The van der Waals surface area contributed by atoms with Crippen molar-refractivity contribution in [2.75, 3.05) is 12.8 Å². The summed E-state index contributed by atoms with van der Waals surface area (Å²) in [6.07, 6.45) is 1.16. The number of hydrogen-bond donors (Lipinski definition) is 1. The Morgan fingerprint density at radius 2 is 2.00 bits per heavy atom. The molecule has 0 atom stereocenters. The smallest absolute Gasteiger partial charge is 0.309 e. The molecule has 3 nitrogen and oxygen atoms in total. The third-order valence-corrected chi connectivity index (χ3v) is 3.80. The Bertz CT molecular complexity index is 668. The van der Waals surface area contributed by atoms with Gasteiger partial charge in [-0.15, -0.1) is 0 Å². The largest absolute Gasteiger partial charge is 0.469 e. The van der Waals surface area contributed by atoms with Crippen LogP contribution in [0.25, 0.3) is 11.1 Å². The summed E-state index contributed by atoms with van der Waals surface area (Å²) in [4.78, 5) is 11.6. The summed E-state index contributed by atoms with van der Waals surface area (Å²) < 4.78 is 4.76. The molecule has 0 fully saturated rings. The van der Waals surface area contributed by atoms with Gasteiger partial charge in [-0.1, -0.05) is 42.8 Å². The Hall–Kier alpha value is -2.00. The lowest BCUT2D eigenvalue weighted by atomic mass is 9.94. The van der Waals surface area contributed by atoms with E-state index in [0.29, 0.717) is 10.7 Å². The molecule has 0 heterocycles. The molecule has 0 unspecified atom stereocenters. The zero-order chi connectivity index (χ0) is 15.4. The Kier molecular flexibility index (Phi) is 4.86. The summed E-state index contributed by atoms with van der Waals surface area (Å²) in [6.45, 7) is 2.09. The number of nitrogen functional groups attached to an aromatic ring is 1. The molecule has 2 aromatic carbocycles. The second-order valence-electron chi connectivity index (χ2n) is 4.83. The fraction of sp³-hybridized carbons (Fsp3) is 0.235. The number of carbonyl (C=O) groups excluding carboxylic acids is 1. The third kappa shape index (κ3) is 3.56. The Labute approximate surface area is 129 Å². The maximum atomic E-state index is 11.6. The molecule has 2 rings (SSSR count). The van der Waals surface area contributed by atoms with E-state index in [0.717, 1.165) is 23.1 Å². The molecular weight excluding hydrogens is 286 g/mol. The molecule has 4 heteroatoms. The van der Waals surface area contributed by atoms with Crippen molar-refractivity contribution in [1.29, 1.82) is 0 Å². The number of aryl methyl sites for hydroxylation is 1. The van der Waals surface area contributed by atoms with Crippen LogP contribution in [-0.2, 0) is 22.4 Å². The van der Waals surface area contributed by atoms with Gasteiger partial charge in [-0.2, -0.15) is 0 Å². The molecule has 110 valence electrons. The van der Waals surface area contributed by atoms with Crippen molar-refractivity contribution in [3.8, 4) is 11.1 Å². The van der Waals surface area contributed by atoms with Crippen molar-refractivity contribution >= 4 is 23.3 Å². The Balaban J connectivity index is 2.52. The fourth-order valence-corrected chi connectivity index (χ4v) is 2.32. The monoisotopic (exact) mass is 303 g/mol. The highest BCUT2D eigenvalue weighted by atomic mass is 35.5. The first-order valence-electron chi connectivity index (χ1n) is 6.79. The van der Waals surface area contributed by atoms with E-state index in [2.05, 4.69) is 13.0 Å². The maximum Gasteiger partial charge on any atom is 0.309 e. The van der Waals surface area contributed by atoms with E-state index in [1.54, 1.807) is 6.07 Å². The van der Waals surface area contributed by atoms with Crippen molar-refractivity contribution in [2.24, 2.45) is 0 Å². The molecule has 0 aliphatic rings. The highest BCUT2D eigenvalue weighted by molar-refractivity contribution is 6.33. The standard InChI is InChI=1S/C17H18ClNO2/c1-3-11-4-5-13(10-17(20)21-2)14(8-11)12-6-7-15(18)16(19)9-12/h4-9H,3,10,19H2,1-2H3. The molecule has 0 bridgehead atoms. The van der Waals surface area contributed by atoms with Gasteiger partial charge in [0.05, 0.1) is 24.2 Å². The predicted octanol–water partition coefficient (Wildman–Crippen LogP) is 3.87. The molecule has 0 amide bonds. The number of rotatable bonds is 4. The normalized spacial score (nSPS) is 10.4. The minimum Gasteiger partial charge on any atom is -0.469 e. The van der Waals surface area contributed by atoms with Crippen molar-refractivity contribution in [3.05, 3.63) is 52.5 Å². The predicted molar refractivity (Wildman–Crippen MR) is 86.4 cm³/mol. The van der Waals surface area contributed by atoms with Gasteiger partial charge in [0.15, 0.2) is 0 Å². The number of methoxy groups -OCH3 is 1. The zero-order valence-corrected chi connectivity index (χ0v) is 12.9. The number of carbonyl (C=O) groups is 1. The number of halogens is 1. The second-order valence-corrected chi connectivity index (χ2v) is 5.24. The molecule has 21 heavy (non-hydrogen) atoms. The average Bonchev–Trinajstić information content (AvgIpc) is 2.50. The van der Waals surface area contributed by atoms with Crippen LogP contribution < -0.4 is 5.73 Å². The van der Waals surface area contributed by atoms with Crippen LogP contribution in [0.3, 0.4) is 0 Å². The summed E-state index contributed by atoms with van der Waals surface area (Å²) in [5.41, 5.74) is 10.5. The van der Waals surface area contributed by atoms with Gasteiger partial charge >= 0.3 is 5.97 Å². The van der Waals surface area contributed by atoms with Crippen LogP contribution in [0.2, 0.25) is 5.02 Å². The lowest BCUT2D eigenvalue weighted by Gasteiger charge is -2.12. The molecule has 0 saturated heterocycles. The van der Waals surface area contributed by atoms with Crippen LogP contribution in [0.15, 0.2) is 36.4 Å². The Morgan fingerprint density at radius 3 is 2.62 bits per heavy atom. The van der Waals surface area contributed by atoms with E-state index in [9.17, 15) is 4.79 Å². The minimum atomic E-state index is -0.262. The Morgan fingerprint density at radius 1 is 1.24 bits per heavy atom. The van der Waals surface area contributed by atoms with Gasteiger partial charge in [0.1, 0.15) is 0 Å². The molecule has 0 saturated carbocycles. The molecule has 2 N–H and O–H groups in total. The lowest BCUT2D eigenvalue weighted by Crippen LogP contribution is -2.06. The summed E-state index contributed by atoms with van der Waals surface area (Å²) >= 11 is 5.97. The summed E-state index contributed by atoms with van der Waals surface area (Å²) in [5.74, 6) is -0.262. The number of esters is 1. The van der Waals surface area contributed by atoms with E-state index in [-0.39, 0.29) is 12.4 Å². The molecule has 0 spiro atoms. The molecule has 0 aliphatic heterocycles. The van der Waals surface area contributed by atoms with Gasteiger partial charge in [0.2, 0.25) is 0 Å². The number of anilines is 1. The van der Waals surface area contributed by atoms with E-state index < -0.39 is 0 Å². The van der Waals surface area contributed by atoms with Crippen molar-refractivity contribution in [2.45, 2.75) is 19.8 Å². The van der Waals surface area contributed by atoms with Crippen LogP contribution in [-0.4, -0.2) is 13.1 Å². The number of ether oxygens (including phenoxy) is 1. The van der Waals surface area contributed by atoms with Gasteiger partial charge in [-0.25, -0.2) is 0 Å². The third-order valence-electron chi connectivity index (χ3n) is 3.45. The molecule has 0 aromatic heterocycles. The van der Waals surface area contributed by atoms with Crippen molar-refractivity contribution < 1.29 is 9.53 Å². The molecule has 0 aliphatic carbocycles. The van der Waals surface area contributed by atoms with Crippen LogP contribution >= 0.6 is 11.6 Å². The average molecular weight is 304 g/mol. The second kappa shape index (κ2) is 6.64. The first-order valence-corrected chi connectivity index (χ1v) is 7.17. The van der Waals surface area contributed by atoms with E-state index in [1.165, 1.54) is 12.7 Å². The first kappa shape index (κ1) is 15.4. The van der Waals surface area contributed by atoms with Gasteiger partial charge in [-0.3, -0.25) is 4.79 Å². The molecular formula is C17H18ClNO2. The fourth-order valence-electron chi connectivity index (χ4n) is 2.21. The van der Waals surface area contributed by atoms with E-state index in [4.69, 9.17) is 22.1 Å². The highest BCUT2D eigenvalue weighted by Crippen LogP contribution is 2.30. The van der Waals surface area contributed by atoms with Crippen LogP contribution in [0.5, 0.6) is 0 Å². The van der Waals surface area contributed by atoms with Crippen LogP contribution in [0, 0.1) is 0 Å². The minimum absolute atomic E-state index is 0.234.